The van der Waals surface area contributed by atoms with Crippen LogP contribution in [0.4, 0.5) is 11.5 Å². The molecule has 0 fully saturated rings. The molecule has 0 unspecified atom stereocenters. The zero-order valence-corrected chi connectivity index (χ0v) is 11.5. The van der Waals surface area contributed by atoms with Gasteiger partial charge in [0.1, 0.15) is 11.6 Å². The van der Waals surface area contributed by atoms with Crippen LogP contribution in [0.15, 0.2) is 18.5 Å². The molecule has 0 aliphatic heterocycles. The van der Waals surface area contributed by atoms with Crippen LogP contribution in [0.3, 0.4) is 0 Å². The Hall–Kier alpha value is -2.95. The van der Waals surface area contributed by atoms with Crippen molar-refractivity contribution in [2.45, 2.75) is 19.8 Å². The second-order valence-electron chi connectivity index (χ2n) is 4.48. The first kappa shape index (κ1) is 14.5. The van der Waals surface area contributed by atoms with E-state index in [1.54, 1.807) is 12.3 Å². The monoisotopic (exact) mass is 286 g/mol. The van der Waals surface area contributed by atoms with Crippen molar-refractivity contribution in [1.29, 1.82) is 5.26 Å². The van der Waals surface area contributed by atoms with Crippen LogP contribution in [0.1, 0.15) is 23.2 Å². The predicted molar refractivity (Wildman–Crippen MR) is 75.7 cm³/mol. The summed E-state index contributed by atoms with van der Waals surface area (Å²) >= 11 is 0. The van der Waals surface area contributed by atoms with Crippen LogP contribution in [-0.4, -0.2) is 26.6 Å². The molecule has 8 nitrogen and oxygen atoms in total. The number of nitriles is 1. The smallest absolute Gasteiger partial charge is 0.328 e. The van der Waals surface area contributed by atoms with Crippen LogP contribution < -0.4 is 5.32 Å². The van der Waals surface area contributed by atoms with E-state index in [2.05, 4.69) is 20.5 Å². The molecule has 0 spiro atoms. The summed E-state index contributed by atoms with van der Waals surface area (Å²) in [6.07, 6.45) is 4.73. The van der Waals surface area contributed by atoms with Gasteiger partial charge in [-0.3, -0.25) is 15.2 Å². The fraction of sp³-hybridized carbons (Fsp3) is 0.308. The van der Waals surface area contributed by atoms with Crippen molar-refractivity contribution in [3.05, 3.63) is 45.4 Å². The lowest BCUT2D eigenvalue weighted by molar-refractivity contribution is -0.384. The summed E-state index contributed by atoms with van der Waals surface area (Å²) in [6.45, 7) is 2.46. The Bertz CT molecular complexity index is 688. The number of aromatic amines is 1. The summed E-state index contributed by atoms with van der Waals surface area (Å²) in [5.74, 6) is 0.128. The van der Waals surface area contributed by atoms with Gasteiger partial charge in [0.2, 0.25) is 5.82 Å². The molecule has 0 radical (unpaired) electrons. The van der Waals surface area contributed by atoms with E-state index in [0.29, 0.717) is 6.54 Å². The van der Waals surface area contributed by atoms with Gasteiger partial charge in [-0.1, -0.05) is 0 Å². The first-order valence-electron chi connectivity index (χ1n) is 6.39. The SMILES string of the molecule is Cc1[nH]ncc1CCCNc1nccc(C#N)c1[N+](=O)[O-]. The minimum Gasteiger partial charge on any atom is -0.364 e. The summed E-state index contributed by atoms with van der Waals surface area (Å²) in [4.78, 5) is 14.4. The molecule has 21 heavy (non-hydrogen) atoms. The van der Waals surface area contributed by atoms with E-state index in [4.69, 9.17) is 5.26 Å². The van der Waals surface area contributed by atoms with Crippen LogP contribution in [0.25, 0.3) is 0 Å². The Morgan fingerprint density at radius 3 is 3.00 bits per heavy atom. The van der Waals surface area contributed by atoms with Gasteiger partial charge in [-0.2, -0.15) is 10.4 Å². The quantitative estimate of drug-likeness (QED) is 0.475. The third kappa shape index (κ3) is 3.33. The lowest BCUT2D eigenvalue weighted by Crippen LogP contribution is -2.08. The summed E-state index contributed by atoms with van der Waals surface area (Å²) in [5.41, 5.74) is 1.86. The Balaban J connectivity index is 1.99. The van der Waals surface area contributed by atoms with Gasteiger partial charge in [0.25, 0.3) is 0 Å². The van der Waals surface area contributed by atoms with Gasteiger partial charge in [0, 0.05) is 18.4 Å². The average molecular weight is 286 g/mol. The number of rotatable bonds is 6. The first-order chi connectivity index (χ1) is 10.1. The van der Waals surface area contributed by atoms with Crippen molar-refractivity contribution < 1.29 is 4.92 Å². The van der Waals surface area contributed by atoms with E-state index >= 15 is 0 Å². The number of nitrogens with zero attached hydrogens (tertiary/aromatic N) is 4. The summed E-state index contributed by atoms with van der Waals surface area (Å²) in [7, 11) is 0. The molecule has 0 amide bonds. The Morgan fingerprint density at radius 1 is 1.57 bits per heavy atom. The molecule has 0 saturated carbocycles. The van der Waals surface area contributed by atoms with Crippen LogP contribution in [0.2, 0.25) is 0 Å². The number of nitro groups is 1. The molecular formula is C13H14N6O2. The zero-order chi connectivity index (χ0) is 15.2. The average Bonchev–Trinajstić information content (AvgIpc) is 2.88. The second-order valence-corrected chi connectivity index (χ2v) is 4.48. The van der Waals surface area contributed by atoms with Gasteiger partial charge in [0.05, 0.1) is 11.1 Å². The maximum absolute atomic E-state index is 11.0. The van der Waals surface area contributed by atoms with Gasteiger partial charge in [-0.05, 0) is 31.4 Å². The molecule has 2 aromatic rings. The van der Waals surface area contributed by atoms with E-state index < -0.39 is 4.92 Å². The fourth-order valence-electron chi connectivity index (χ4n) is 1.97. The number of aromatic nitrogens is 3. The lowest BCUT2D eigenvalue weighted by Gasteiger charge is -2.06. The number of nitrogens with one attached hydrogen (secondary N) is 2. The van der Waals surface area contributed by atoms with Crippen LogP contribution in [0, 0.1) is 28.4 Å². The van der Waals surface area contributed by atoms with E-state index in [9.17, 15) is 10.1 Å². The summed E-state index contributed by atoms with van der Waals surface area (Å²) in [6, 6.07) is 3.13. The molecule has 2 rings (SSSR count). The number of anilines is 1. The van der Waals surface area contributed by atoms with Crippen molar-refractivity contribution in [2.24, 2.45) is 0 Å². The molecule has 0 aromatic carbocycles. The molecule has 0 saturated heterocycles. The van der Waals surface area contributed by atoms with E-state index in [1.165, 1.54) is 12.3 Å². The van der Waals surface area contributed by atoms with Crippen LogP contribution in [-0.2, 0) is 6.42 Å². The molecule has 8 heteroatoms. The predicted octanol–water partition coefficient (Wildman–Crippen LogP) is 1.94. The van der Waals surface area contributed by atoms with Gasteiger partial charge in [-0.15, -0.1) is 0 Å². The topological polar surface area (TPSA) is 121 Å². The minimum absolute atomic E-state index is 0.00294. The normalized spacial score (nSPS) is 10.1. The van der Waals surface area contributed by atoms with Crippen molar-refractivity contribution >= 4 is 11.5 Å². The van der Waals surface area contributed by atoms with E-state index in [-0.39, 0.29) is 17.1 Å². The Morgan fingerprint density at radius 2 is 2.38 bits per heavy atom. The molecule has 0 bridgehead atoms. The molecule has 2 aromatic heterocycles. The van der Waals surface area contributed by atoms with E-state index in [0.717, 1.165) is 24.1 Å². The highest BCUT2D eigenvalue weighted by Gasteiger charge is 2.20. The number of hydrogen-bond acceptors (Lipinski definition) is 6. The number of pyridine rings is 1. The number of H-pyrrole nitrogens is 1. The minimum atomic E-state index is -0.589. The Kier molecular flexibility index (Phi) is 4.46. The fourth-order valence-corrected chi connectivity index (χ4v) is 1.97. The third-order valence-electron chi connectivity index (χ3n) is 3.08. The maximum atomic E-state index is 11.0. The maximum Gasteiger partial charge on any atom is 0.328 e. The van der Waals surface area contributed by atoms with Crippen molar-refractivity contribution in [2.75, 3.05) is 11.9 Å². The first-order valence-corrected chi connectivity index (χ1v) is 6.39. The van der Waals surface area contributed by atoms with Crippen LogP contribution in [0.5, 0.6) is 0 Å². The van der Waals surface area contributed by atoms with Gasteiger partial charge < -0.3 is 5.32 Å². The van der Waals surface area contributed by atoms with Gasteiger partial charge in [-0.25, -0.2) is 4.98 Å². The van der Waals surface area contributed by atoms with Crippen LogP contribution >= 0.6 is 0 Å². The van der Waals surface area contributed by atoms with Crippen molar-refractivity contribution in [3.63, 3.8) is 0 Å². The molecule has 108 valence electrons. The molecule has 0 atom stereocenters. The Labute approximate surface area is 121 Å². The van der Waals surface area contributed by atoms with Crippen molar-refractivity contribution in [3.8, 4) is 6.07 Å². The van der Waals surface area contributed by atoms with Crippen molar-refractivity contribution in [1.82, 2.24) is 15.2 Å². The third-order valence-corrected chi connectivity index (χ3v) is 3.08. The largest absolute Gasteiger partial charge is 0.364 e. The lowest BCUT2D eigenvalue weighted by atomic mass is 10.1. The standard InChI is InChI=1S/C13H14N6O2/c1-9-11(8-17-18-9)3-2-5-15-13-12(19(20)21)10(7-14)4-6-16-13/h4,6,8H,2-3,5H2,1H3,(H,15,16)(H,17,18). The summed E-state index contributed by atoms with van der Waals surface area (Å²) in [5, 5.41) is 29.6. The van der Waals surface area contributed by atoms with Gasteiger partial charge in [0.15, 0.2) is 0 Å². The molecular weight excluding hydrogens is 272 g/mol. The molecule has 0 aliphatic rings. The zero-order valence-electron chi connectivity index (χ0n) is 11.5. The highest BCUT2D eigenvalue weighted by Crippen LogP contribution is 2.25. The summed E-state index contributed by atoms with van der Waals surface area (Å²) < 4.78 is 0. The second kappa shape index (κ2) is 6.47. The number of aryl methyl sites for hydroxylation is 2. The molecule has 0 aliphatic carbocycles. The van der Waals surface area contributed by atoms with E-state index in [1.807, 2.05) is 6.92 Å². The number of hydrogen-bond donors (Lipinski definition) is 2. The highest BCUT2D eigenvalue weighted by atomic mass is 16.6. The van der Waals surface area contributed by atoms with Gasteiger partial charge >= 0.3 is 5.69 Å². The molecule has 2 heterocycles. The molecule has 2 N–H and O–H groups in total. The highest BCUT2D eigenvalue weighted by molar-refractivity contribution is 5.63.